The van der Waals surface area contributed by atoms with Crippen LogP contribution in [0.1, 0.15) is 27.2 Å². The monoisotopic (exact) mass is 568 g/mol. The number of rotatable bonds is 4. The summed E-state index contributed by atoms with van der Waals surface area (Å²) in [7, 11) is 0. The van der Waals surface area contributed by atoms with Crippen LogP contribution in [0.4, 0.5) is 16.2 Å². The number of halogens is 2. The smallest absolute Gasteiger partial charge is 0.419 e. The van der Waals surface area contributed by atoms with E-state index in [0.29, 0.717) is 5.88 Å². The number of alkyl halides is 1. The molecule has 5 rings (SSSR count). The van der Waals surface area contributed by atoms with Gasteiger partial charge in [0, 0.05) is 37.6 Å². The first-order valence-corrected chi connectivity index (χ1v) is 13.7. The molecule has 3 aromatic carbocycles. The molecular weight excluding hydrogens is 544 g/mol. The van der Waals surface area contributed by atoms with Crippen LogP contribution in [0.5, 0.6) is 0 Å². The van der Waals surface area contributed by atoms with Crippen molar-refractivity contribution in [2.45, 2.75) is 42.6 Å². The number of para-hydroxylation sites is 1. The van der Waals surface area contributed by atoms with E-state index in [4.69, 9.17) is 16.3 Å². The Labute approximate surface area is 223 Å². The molecule has 0 N–H and O–H groups in total. The van der Waals surface area contributed by atoms with Gasteiger partial charge in [0.25, 0.3) is 0 Å². The molecule has 0 unspecified atom stereocenters. The van der Waals surface area contributed by atoms with Crippen LogP contribution in [0.25, 0.3) is 22.2 Å². The second-order valence-electron chi connectivity index (χ2n) is 9.49. The third kappa shape index (κ3) is 4.84. The highest BCUT2D eigenvalue weighted by atomic mass is 79.9. The zero-order chi connectivity index (χ0) is 24.7. The second kappa shape index (κ2) is 9.57. The Morgan fingerprint density at radius 2 is 1.71 bits per heavy atom. The van der Waals surface area contributed by atoms with E-state index in [1.807, 2.05) is 45.0 Å². The lowest BCUT2D eigenvalue weighted by molar-refractivity contribution is 0.0547. The normalized spacial score (nSPS) is 13.0. The number of aromatic nitrogens is 1. The standard InChI is InChI=1S/C28H26BrClN2O2S/c1-28(2,3)34-27(33)32-21-8-5-4-7-18(21)15-24(32)19-9-11-22-25(16-19)35-26-17-20(29)10-12-23(26)31(22)14-6-13-30/h4-5,7-12,15-17H,6,13-14H2,1-3H3. The molecule has 0 atom stereocenters. The minimum Gasteiger partial charge on any atom is -0.443 e. The Balaban J connectivity index is 1.63. The summed E-state index contributed by atoms with van der Waals surface area (Å²) in [5.41, 5.74) is 4.36. The molecule has 0 amide bonds. The maximum atomic E-state index is 13.3. The molecule has 1 aliphatic rings. The molecule has 0 spiro atoms. The van der Waals surface area contributed by atoms with Crippen molar-refractivity contribution in [3.63, 3.8) is 0 Å². The quantitative estimate of drug-likeness (QED) is 0.230. The van der Waals surface area contributed by atoms with Gasteiger partial charge in [-0.05, 0) is 69.7 Å². The molecule has 0 saturated heterocycles. The van der Waals surface area contributed by atoms with E-state index in [9.17, 15) is 4.79 Å². The van der Waals surface area contributed by atoms with E-state index in [0.717, 1.165) is 50.2 Å². The molecule has 0 bridgehead atoms. The zero-order valence-corrected chi connectivity index (χ0v) is 23.0. The highest BCUT2D eigenvalue weighted by Crippen LogP contribution is 2.50. The first-order valence-electron chi connectivity index (χ1n) is 11.5. The lowest BCUT2D eigenvalue weighted by Gasteiger charge is -2.33. The van der Waals surface area contributed by atoms with Crippen molar-refractivity contribution >= 4 is 67.7 Å². The van der Waals surface area contributed by atoms with E-state index in [1.54, 1.807) is 16.3 Å². The molecule has 1 aromatic heterocycles. The van der Waals surface area contributed by atoms with Crippen molar-refractivity contribution in [3.05, 3.63) is 71.2 Å². The van der Waals surface area contributed by atoms with Gasteiger partial charge in [-0.15, -0.1) is 11.6 Å². The minimum absolute atomic E-state index is 0.378. The van der Waals surface area contributed by atoms with Crippen LogP contribution in [0, 0.1) is 0 Å². The van der Waals surface area contributed by atoms with Gasteiger partial charge >= 0.3 is 6.09 Å². The molecule has 4 nitrogen and oxygen atoms in total. The van der Waals surface area contributed by atoms with Crippen LogP contribution < -0.4 is 4.90 Å². The maximum absolute atomic E-state index is 13.3. The van der Waals surface area contributed by atoms with E-state index in [-0.39, 0.29) is 6.09 Å². The summed E-state index contributed by atoms with van der Waals surface area (Å²) >= 11 is 11.4. The number of fused-ring (bicyclic) bond motifs is 3. The van der Waals surface area contributed by atoms with Gasteiger partial charge < -0.3 is 9.64 Å². The van der Waals surface area contributed by atoms with Crippen LogP contribution in [0.15, 0.2) is 81.0 Å². The fourth-order valence-corrected chi connectivity index (χ4v) is 6.16. The lowest BCUT2D eigenvalue weighted by Crippen LogP contribution is -2.27. The van der Waals surface area contributed by atoms with E-state index in [1.165, 1.54) is 10.6 Å². The molecule has 1 aliphatic heterocycles. The highest BCUT2D eigenvalue weighted by Gasteiger charge is 2.26. The van der Waals surface area contributed by atoms with Crippen LogP contribution in [0.3, 0.4) is 0 Å². The average molecular weight is 570 g/mol. The molecule has 7 heteroatoms. The molecule has 2 heterocycles. The first-order chi connectivity index (χ1) is 16.7. The number of benzene rings is 3. The van der Waals surface area contributed by atoms with Crippen LogP contribution in [-0.2, 0) is 4.74 Å². The Morgan fingerprint density at radius 3 is 2.46 bits per heavy atom. The van der Waals surface area contributed by atoms with Crippen LogP contribution >= 0.6 is 39.3 Å². The van der Waals surface area contributed by atoms with Gasteiger partial charge in [-0.2, -0.15) is 0 Å². The topological polar surface area (TPSA) is 34.5 Å². The molecule has 4 aromatic rings. The van der Waals surface area contributed by atoms with Crippen molar-refractivity contribution in [1.82, 2.24) is 4.57 Å². The van der Waals surface area contributed by atoms with Crippen molar-refractivity contribution in [3.8, 4) is 11.3 Å². The predicted molar refractivity (Wildman–Crippen MR) is 150 cm³/mol. The van der Waals surface area contributed by atoms with Crippen molar-refractivity contribution in [2.75, 3.05) is 17.3 Å². The third-order valence-corrected chi connectivity index (χ3v) is 7.64. The lowest BCUT2D eigenvalue weighted by atomic mass is 10.1. The number of carbonyl (C=O) groups excluding carboxylic acids is 1. The van der Waals surface area contributed by atoms with Crippen molar-refractivity contribution < 1.29 is 9.53 Å². The summed E-state index contributed by atoms with van der Waals surface area (Å²) in [6, 6.07) is 22.8. The molecule has 180 valence electrons. The molecule has 0 saturated carbocycles. The molecular formula is C28H26BrClN2O2S. The Bertz CT molecular complexity index is 1430. The number of ether oxygens (including phenoxy) is 1. The molecule has 0 aliphatic carbocycles. The number of hydrogen-bond acceptors (Lipinski definition) is 4. The van der Waals surface area contributed by atoms with E-state index in [2.05, 4.69) is 63.3 Å². The van der Waals surface area contributed by atoms with Gasteiger partial charge in [-0.1, -0.05) is 52.0 Å². The second-order valence-corrected chi connectivity index (χ2v) is 11.9. The number of nitrogens with zero attached hydrogens (tertiary/aromatic N) is 2. The molecule has 0 radical (unpaired) electrons. The van der Waals surface area contributed by atoms with Gasteiger partial charge in [0.05, 0.1) is 22.6 Å². The Hall–Kier alpha value is -2.41. The van der Waals surface area contributed by atoms with E-state index >= 15 is 0 Å². The van der Waals surface area contributed by atoms with E-state index < -0.39 is 5.60 Å². The highest BCUT2D eigenvalue weighted by molar-refractivity contribution is 9.10. The van der Waals surface area contributed by atoms with Gasteiger partial charge in [-0.25, -0.2) is 9.36 Å². The summed E-state index contributed by atoms with van der Waals surface area (Å²) < 4.78 is 8.51. The van der Waals surface area contributed by atoms with Gasteiger partial charge in [0.1, 0.15) is 5.60 Å². The van der Waals surface area contributed by atoms with Crippen LogP contribution in [0.2, 0.25) is 0 Å². The SMILES string of the molecule is CC(C)(C)OC(=O)n1c(-c2ccc3c(c2)Sc2cc(Br)ccc2N3CCCCl)cc2ccccc21. The fourth-order valence-electron chi connectivity index (χ4n) is 4.35. The van der Waals surface area contributed by atoms with Crippen LogP contribution in [-0.4, -0.2) is 28.7 Å². The number of carbonyl (C=O) groups is 1. The molecule has 35 heavy (non-hydrogen) atoms. The minimum atomic E-state index is -0.592. The summed E-state index contributed by atoms with van der Waals surface area (Å²) in [4.78, 5) is 18.0. The zero-order valence-electron chi connectivity index (χ0n) is 19.8. The molecule has 0 fully saturated rings. The van der Waals surface area contributed by atoms with Gasteiger partial charge in [0.15, 0.2) is 0 Å². The largest absolute Gasteiger partial charge is 0.443 e. The number of anilines is 2. The van der Waals surface area contributed by atoms with Gasteiger partial charge in [-0.3, -0.25) is 0 Å². The summed E-state index contributed by atoms with van der Waals surface area (Å²) in [5, 5.41) is 0.997. The summed E-state index contributed by atoms with van der Waals surface area (Å²) in [6.07, 6.45) is 0.507. The Kier molecular flexibility index (Phi) is 6.64. The number of hydrogen-bond donors (Lipinski definition) is 0. The third-order valence-electron chi connectivity index (χ3n) is 5.78. The fraction of sp³-hybridized carbons (Fsp3) is 0.250. The first kappa shape index (κ1) is 24.3. The summed E-state index contributed by atoms with van der Waals surface area (Å²) in [5.74, 6) is 0.610. The van der Waals surface area contributed by atoms with Crippen molar-refractivity contribution in [2.24, 2.45) is 0 Å². The maximum Gasteiger partial charge on any atom is 0.419 e. The Morgan fingerprint density at radius 1 is 1.00 bits per heavy atom. The summed E-state index contributed by atoms with van der Waals surface area (Å²) in [6.45, 7) is 6.49. The predicted octanol–water partition coefficient (Wildman–Crippen LogP) is 9.09. The van der Waals surface area contributed by atoms with Crippen molar-refractivity contribution in [1.29, 1.82) is 0 Å². The average Bonchev–Trinajstić information content (AvgIpc) is 3.20. The van der Waals surface area contributed by atoms with Gasteiger partial charge in [0.2, 0.25) is 0 Å².